The molecule has 0 aromatic heterocycles. The normalized spacial score (nSPS) is 18.2. The van der Waals surface area contributed by atoms with E-state index >= 15 is 0 Å². The molecule has 0 saturated carbocycles. The van der Waals surface area contributed by atoms with Crippen LogP contribution in [0.25, 0.3) is 0 Å². The van der Waals surface area contributed by atoms with Gasteiger partial charge in [-0.25, -0.2) is 4.79 Å². The van der Waals surface area contributed by atoms with Gasteiger partial charge in [-0.3, -0.25) is 0 Å². The Labute approximate surface area is 152 Å². The van der Waals surface area contributed by atoms with E-state index in [9.17, 15) is 4.79 Å². The highest BCUT2D eigenvalue weighted by atomic mass is 16.5. The summed E-state index contributed by atoms with van der Waals surface area (Å²) in [5.41, 5.74) is 3.65. The van der Waals surface area contributed by atoms with Gasteiger partial charge in [-0.05, 0) is 50.3 Å². The molecule has 1 N–H and O–H groups in total. The molecule has 0 aliphatic carbocycles. The number of rotatable bonds is 7. The van der Waals surface area contributed by atoms with E-state index in [1.54, 1.807) is 7.11 Å². The van der Waals surface area contributed by atoms with Crippen molar-refractivity contribution in [2.75, 3.05) is 46.9 Å². The van der Waals surface area contributed by atoms with Crippen LogP contribution in [0.2, 0.25) is 0 Å². The number of likely N-dealkylation sites (tertiary alicyclic amines) is 1. The third-order valence-corrected chi connectivity index (χ3v) is 5.02. The summed E-state index contributed by atoms with van der Waals surface area (Å²) >= 11 is 0. The first-order valence-corrected chi connectivity index (χ1v) is 9.26. The monoisotopic (exact) mass is 347 g/mol. The molecule has 1 heterocycles. The summed E-state index contributed by atoms with van der Waals surface area (Å²) in [6.07, 6.45) is 2.39. The number of methoxy groups -OCH3 is 1. The molecule has 0 unspecified atom stereocenters. The van der Waals surface area contributed by atoms with Crippen LogP contribution in [-0.4, -0.2) is 62.8 Å². The topological polar surface area (TPSA) is 44.8 Å². The van der Waals surface area contributed by atoms with Gasteiger partial charge in [0.2, 0.25) is 0 Å². The molecule has 2 rings (SSSR count). The van der Waals surface area contributed by atoms with E-state index in [1.807, 2.05) is 11.9 Å². The molecule has 0 radical (unpaired) electrons. The number of carbonyl (C=O) groups excluding carboxylic acids is 1. The second kappa shape index (κ2) is 9.78. The first-order chi connectivity index (χ1) is 12.0. The lowest BCUT2D eigenvalue weighted by Crippen LogP contribution is -2.45. The molecular weight excluding hydrogens is 314 g/mol. The van der Waals surface area contributed by atoms with E-state index < -0.39 is 0 Å². The van der Waals surface area contributed by atoms with Gasteiger partial charge in [0.05, 0.1) is 6.61 Å². The number of benzene rings is 1. The quantitative estimate of drug-likeness (QED) is 0.825. The van der Waals surface area contributed by atoms with Gasteiger partial charge in [-0.15, -0.1) is 0 Å². The van der Waals surface area contributed by atoms with Crippen molar-refractivity contribution < 1.29 is 9.53 Å². The minimum absolute atomic E-state index is 0.00832. The van der Waals surface area contributed by atoms with E-state index in [0.29, 0.717) is 12.5 Å². The van der Waals surface area contributed by atoms with Crippen molar-refractivity contribution in [2.24, 2.45) is 5.92 Å². The largest absolute Gasteiger partial charge is 0.383 e. The zero-order chi connectivity index (χ0) is 18.2. The van der Waals surface area contributed by atoms with Crippen LogP contribution in [0.15, 0.2) is 18.2 Å². The molecule has 1 saturated heterocycles. The SMILES string of the molecule is COCCN1CCC[C@H](CN(C)C(=O)NCc2ccc(C)cc2C)C1. The average molecular weight is 348 g/mol. The van der Waals surface area contributed by atoms with Crippen molar-refractivity contribution in [3.63, 3.8) is 0 Å². The second-order valence-electron chi connectivity index (χ2n) is 7.27. The van der Waals surface area contributed by atoms with Crippen molar-refractivity contribution in [3.8, 4) is 0 Å². The van der Waals surface area contributed by atoms with Crippen LogP contribution in [0, 0.1) is 19.8 Å². The van der Waals surface area contributed by atoms with Gasteiger partial charge in [0.1, 0.15) is 0 Å². The first kappa shape index (κ1) is 19.7. The number of nitrogens with one attached hydrogen (secondary N) is 1. The summed E-state index contributed by atoms with van der Waals surface area (Å²) in [6, 6.07) is 6.35. The van der Waals surface area contributed by atoms with Crippen LogP contribution >= 0.6 is 0 Å². The molecule has 1 fully saturated rings. The molecule has 1 aliphatic heterocycles. The molecule has 2 amide bonds. The summed E-state index contributed by atoms with van der Waals surface area (Å²) in [7, 11) is 3.64. The fourth-order valence-corrected chi connectivity index (χ4v) is 3.54. The Balaban J connectivity index is 1.77. The van der Waals surface area contributed by atoms with Crippen molar-refractivity contribution in [2.45, 2.75) is 33.2 Å². The molecule has 140 valence electrons. The number of aryl methyl sites for hydroxylation is 2. The number of amides is 2. The number of hydrogen-bond acceptors (Lipinski definition) is 3. The van der Waals surface area contributed by atoms with Gasteiger partial charge in [0, 0.05) is 40.3 Å². The fraction of sp³-hybridized carbons (Fsp3) is 0.650. The second-order valence-corrected chi connectivity index (χ2v) is 7.27. The van der Waals surface area contributed by atoms with E-state index in [-0.39, 0.29) is 6.03 Å². The minimum atomic E-state index is 0.00832. The molecule has 1 aromatic rings. The third kappa shape index (κ3) is 6.33. The zero-order valence-corrected chi connectivity index (χ0v) is 16.2. The van der Waals surface area contributed by atoms with Crippen LogP contribution in [0.4, 0.5) is 4.79 Å². The Morgan fingerprint density at radius 2 is 2.20 bits per heavy atom. The third-order valence-electron chi connectivity index (χ3n) is 5.02. The molecule has 5 heteroatoms. The lowest BCUT2D eigenvalue weighted by atomic mass is 9.97. The molecule has 25 heavy (non-hydrogen) atoms. The van der Waals surface area contributed by atoms with Crippen LogP contribution < -0.4 is 5.32 Å². The molecule has 5 nitrogen and oxygen atoms in total. The van der Waals surface area contributed by atoms with Crippen LogP contribution in [-0.2, 0) is 11.3 Å². The minimum Gasteiger partial charge on any atom is -0.383 e. The van der Waals surface area contributed by atoms with Crippen molar-refractivity contribution in [3.05, 3.63) is 34.9 Å². The Hall–Kier alpha value is -1.59. The summed E-state index contributed by atoms with van der Waals surface area (Å²) in [4.78, 5) is 16.7. The van der Waals surface area contributed by atoms with E-state index in [1.165, 1.54) is 29.5 Å². The predicted molar refractivity (Wildman–Crippen MR) is 102 cm³/mol. The molecule has 0 spiro atoms. The van der Waals surface area contributed by atoms with Gasteiger partial charge in [0.25, 0.3) is 0 Å². The Morgan fingerprint density at radius 3 is 2.92 bits per heavy atom. The summed E-state index contributed by atoms with van der Waals surface area (Å²) in [5.74, 6) is 0.544. The Morgan fingerprint density at radius 1 is 1.40 bits per heavy atom. The fourth-order valence-electron chi connectivity index (χ4n) is 3.54. The van der Waals surface area contributed by atoms with E-state index in [0.717, 1.165) is 32.8 Å². The number of carbonyl (C=O) groups is 1. The van der Waals surface area contributed by atoms with Crippen molar-refractivity contribution in [1.82, 2.24) is 15.1 Å². The van der Waals surface area contributed by atoms with Gasteiger partial charge >= 0.3 is 6.03 Å². The predicted octanol–water partition coefficient (Wildman–Crippen LogP) is 2.80. The van der Waals surface area contributed by atoms with Gasteiger partial charge < -0.3 is 19.9 Å². The van der Waals surface area contributed by atoms with Gasteiger partial charge in [-0.1, -0.05) is 23.8 Å². The highest BCUT2D eigenvalue weighted by Crippen LogP contribution is 2.17. The van der Waals surface area contributed by atoms with Gasteiger partial charge in [-0.2, -0.15) is 0 Å². The highest BCUT2D eigenvalue weighted by molar-refractivity contribution is 5.73. The summed E-state index contributed by atoms with van der Waals surface area (Å²) in [6.45, 7) is 9.52. The maximum Gasteiger partial charge on any atom is 0.317 e. The van der Waals surface area contributed by atoms with Crippen molar-refractivity contribution >= 4 is 6.03 Å². The number of piperidine rings is 1. The highest BCUT2D eigenvalue weighted by Gasteiger charge is 2.22. The standard InChI is InChI=1S/C20H33N3O2/c1-16-7-8-19(17(2)12-16)13-21-20(24)22(3)14-18-6-5-9-23(15-18)10-11-25-4/h7-8,12,18H,5-6,9-11,13-15H2,1-4H3,(H,21,24)/t18-/m1/s1. The Bertz CT molecular complexity index is 562. The summed E-state index contributed by atoms with van der Waals surface area (Å²) in [5, 5.41) is 3.05. The number of ether oxygens (including phenoxy) is 1. The lowest BCUT2D eigenvalue weighted by molar-refractivity contribution is 0.105. The van der Waals surface area contributed by atoms with Crippen LogP contribution in [0.3, 0.4) is 0 Å². The maximum absolute atomic E-state index is 12.4. The molecule has 1 atom stereocenters. The van der Waals surface area contributed by atoms with E-state index in [4.69, 9.17) is 4.74 Å². The smallest absolute Gasteiger partial charge is 0.317 e. The lowest BCUT2D eigenvalue weighted by Gasteiger charge is -2.34. The van der Waals surface area contributed by atoms with E-state index in [2.05, 4.69) is 42.3 Å². The zero-order valence-electron chi connectivity index (χ0n) is 16.2. The average Bonchev–Trinajstić information content (AvgIpc) is 2.59. The molecule has 1 aromatic carbocycles. The Kier molecular flexibility index (Phi) is 7.72. The number of urea groups is 1. The number of hydrogen-bond donors (Lipinski definition) is 1. The van der Waals surface area contributed by atoms with Crippen LogP contribution in [0.5, 0.6) is 0 Å². The van der Waals surface area contributed by atoms with Crippen molar-refractivity contribution in [1.29, 1.82) is 0 Å². The summed E-state index contributed by atoms with van der Waals surface area (Å²) < 4.78 is 5.17. The molecule has 1 aliphatic rings. The molecular formula is C20H33N3O2. The first-order valence-electron chi connectivity index (χ1n) is 9.26. The maximum atomic E-state index is 12.4. The van der Waals surface area contributed by atoms with Crippen LogP contribution in [0.1, 0.15) is 29.5 Å². The van der Waals surface area contributed by atoms with Gasteiger partial charge in [0.15, 0.2) is 0 Å². The molecule has 0 bridgehead atoms. The number of nitrogens with zero attached hydrogens (tertiary/aromatic N) is 2.